The third kappa shape index (κ3) is 2.52. The molecule has 3 nitrogen and oxygen atoms in total. The first kappa shape index (κ1) is 15.7. The molecular formula is C19H20F2N2O. The molecule has 2 fully saturated rings. The molecule has 0 unspecified atom stereocenters. The number of pyridine rings is 1. The van der Waals surface area contributed by atoms with Gasteiger partial charge in [-0.05, 0) is 37.0 Å². The summed E-state index contributed by atoms with van der Waals surface area (Å²) in [6, 6.07) is 9.90. The van der Waals surface area contributed by atoms with Gasteiger partial charge in [-0.25, -0.2) is 8.78 Å². The number of hydrogen-bond acceptors (Lipinski definition) is 3. The molecule has 0 spiro atoms. The van der Waals surface area contributed by atoms with Crippen LogP contribution in [0.4, 0.5) is 8.78 Å². The zero-order chi connectivity index (χ0) is 16.7. The van der Waals surface area contributed by atoms with E-state index in [1.807, 2.05) is 18.2 Å². The number of benzene rings is 1. The lowest BCUT2D eigenvalue weighted by molar-refractivity contribution is -0.0108. The fourth-order valence-electron chi connectivity index (χ4n) is 4.36. The Labute approximate surface area is 140 Å². The van der Waals surface area contributed by atoms with Crippen LogP contribution in [0.15, 0.2) is 42.6 Å². The van der Waals surface area contributed by atoms with Crippen LogP contribution in [-0.2, 0) is 12.1 Å². The molecule has 1 aromatic heterocycles. The molecular weight excluding hydrogens is 310 g/mol. The molecule has 2 aliphatic rings. The maximum Gasteiger partial charge on any atom is 0.163 e. The van der Waals surface area contributed by atoms with Crippen LogP contribution >= 0.6 is 0 Å². The topological polar surface area (TPSA) is 36.4 Å². The van der Waals surface area contributed by atoms with Gasteiger partial charge in [-0.3, -0.25) is 9.88 Å². The third-order valence-electron chi connectivity index (χ3n) is 5.56. The number of halogens is 2. The van der Waals surface area contributed by atoms with Crippen molar-refractivity contribution in [2.24, 2.45) is 11.8 Å². The first-order chi connectivity index (χ1) is 11.6. The molecule has 1 N–H and O–H groups in total. The summed E-state index contributed by atoms with van der Waals surface area (Å²) in [4.78, 5) is 6.46. The number of rotatable bonds is 3. The molecule has 0 radical (unpaired) electrons. The summed E-state index contributed by atoms with van der Waals surface area (Å²) in [7, 11) is 0. The lowest BCUT2D eigenvalue weighted by atomic mass is 9.85. The number of nitrogens with zero attached hydrogens (tertiary/aromatic N) is 2. The van der Waals surface area contributed by atoms with E-state index in [-0.39, 0.29) is 5.92 Å². The molecule has 0 bridgehead atoms. The second-order valence-corrected chi connectivity index (χ2v) is 6.95. The number of hydrogen-bond donors (Lipinski definition) is 1. The highest BCUT2D eigenvalue weighted by Gasteiger charge is 2.53. The number of fused-ring (bicyclic) bond motifs is 1. The lowest BCUT2D eigenvalue weighted by Gasteiger charge is -2.29. The van der Waals surface area contributed by atoms with E-state index in [0.29, 0.717) is 31.0 Å². The predicted molar refractivity (Wildman–Crippen MR) is 86.0 cm³/mol. The van der Waals surface area contributed by atoms with Crippen LogP contribution in [0.25, 0.3) is 0 Å². The second-order valence-electron chi connectivity index (χ2n) is 6.95. The van der Waals surface area contributed by atoms with E-state index in [1.54, 1.807) is 12.3 Å². The highest BCUT2D eigenvalue weighted by molar-refractivity contribution is 5.21. The highest BCUT2D eigenvalue weighted by atomic mass is 19.2. The van der Waals surface area contributed by atoms with Crippen LogP contribution in [0, 0.1) is 23.5 Å². The summed E-state index contributed by atoms with van der Waals surface area (Å²) >= 11 is 0. The zero-order valence-electron chi connectivity index (χ0n) is 13.3. The SMILES string of the molecule is O[C@@]1(c2ccccn2)CC[C@H]2CN(Cc3cccc(F)c3F)C[C@H]21. The Balaban J connectivity index is 1.53. The molecule has 24 heavy (non-hydrogen) atoms. The van der Waals surface area contributed by atoms with Gasteiger partial charge < -0.3 is 5.11 Å². The Hall–Kier alpha value is -1.85. The average Bonchev–Trinajstić information content (AvgIpc) is 3.14. The lowest BCUT2D eigenvalue weighted by Crippen LogP contribution is -2.35. The Morgan fingerprint density at radius 3 is 2.83 bits per heavy atom. The van der Waals surface area contributed by atoms with Crippen molar-refractivity contribution in [1.82, 2.24) is 9.88 Å². The van der Waals surface area contributed by atoms with Crippen molar-refractivity contribution >= 4 is 0 Å². The molecule has 0 amide bonds. The van der Waals surface area contributed by atoms with E-state index in [2.05, 4.69) is 9.88 Å². The van der Waals surface area contributed by atoms with E-state index in [1.165, 1.54) is 6.07 Å². The van der Waals surface area contributed by atoms with Gasteiger partial charge in [-0.2, -0.15) is 0 Å². The average molecular weight is 330 g/mol. The fraction of sp³-hybridized carbons (Fsp3) is 0.421. The van der Waals surface area contributed by atoms with Crippen LogP contribution in [0.5, 0.6) is 0 Å². The molecule has 5 heteroatoms. The summed E-state index contributed by atoms with van der Waals surface area (Å²) in [6.45, 7) is 1.85. The minimum atomic E-state index is -0.916. The molecule has 4 rings (SSSR count). The summed E-state index contributed by atoms with van der Waals surface area (Å²) in [6.07, 6.45) is 3.34. The molecule has 1 aliphatic heterocycles. The van der Waals surface area contributed by atoms with Gasteiger partial charge in [0.2, 0.25) is 0 Å². The van der Waals surface area contributed by atoms with Gasteiger partial charge in [0.15, 0.2) is 11.6 Å². The molecule has 1 saturated carbocycles. The summed E-state index contributed by atoms with van der Waals surface area (Å²) in [5.74, 6) is -1.12. The van der Waals surface area contributed by atoms with Crippen molar-refractivity contribution in [2.75, 3.05) is 13.1 Å². The standard InChI is InChI=1S/C19H20F2N2O/c20-16-5-3-4-14(18(16)21)11-23-10-13-7-8-19(24,15(13)12-23)17-6-1-2-9-22-17/h1-6,9,13,15,24H,7-8,10-12H2/t13-,15+,19-/m0/s1. The van der Waals surface area contributed by atoms with E-state index < -0.39 is 17.2 Å². The zero-order valence-corrected chi connectivity index (χ0v) is 13.3. The van der Waals surface area contributed by atoms with Gasteiger partial charge in [-0.1, -0.05) is 18.2 Å². The summed E-state index contributed by atoms with van der Waals surface area (Å²) < 4.78 is 27.3. The maximum absolute atomic E-state index is 13.9. The van der Waals surface area contributed by atoms with Crippen molar-refractivity contribution < 1.29 is 13.9 Å². The largest absolute Gasteiger partial charge is 0.383 e. The van der Waals surface area contributed by atoms with Crippen molar-refractivity contribution in [2.45, 2.75) is 25.0 Å². The molecule has 1 aliphatic carbocycles. The first-order valence-corrected chi connectivity index (χ1v) is 8.37. The van der Waals surface area contributed by atoms with Crippen LogP contribution < -0.4 is 0 Å². The van der Waals surface area contributed by atoms with E-state index in [9.17, 15) is 13.9 Å². The minimum Gasteiger partial charge on any atom is -0.383 e. The third-order valence-corrected chi connectivity index (χ3v) is 5.56. The quantitative estimate of drug-likeness (QED) is 0.939. The Bertz CT molecular complexity index is 739. The Kier molecular flexibility index (Phi) is 3.85. The van der Waals surface area contributed by atoms with Crippen LogP contribution in [0.3, 0.4) is 0 Å². The monoisotopic (exact) mass is 330 g/mol. The van der Waals surface area contributed by atoms with E-state index in [4.69, 9.17) is 0 Å². The number of aliphatic hydroxyl groups is 1. The summed E-state index contributed by atoms with van der Waals surface area (Å²) in [5.41, 5.74) is 0.175. The molecule has 2 aromatic rings. The van der Waals surface area contributed by atoms with Gasteiger partial charge >= 0.3 is 0 Å². The Morgan fingerprint density at radius 1 is 1.17 bits per heavy atom. The Morgan fingerprint density at radius 2 is 2.04 bits per heavy atom. The van der Waals surface area contributed by atoms with Crippen LogP contribution in [0.1, 0.15) is 24.1 Å². The van der Waals surface area contributed by atoms with Crippen molar-refractivity contribution in [3.63, 3.8) is 0 Å². The number of aromatic nitrogens is 1. The van der Waals surface area contributed by atoms with Gasteiger partial charge in [0.25, 0.3) is 0 Å². The van der Waals surface area contributed by atoms with E-state index >= 15 is 0 Å². The number of likely N-dealkylation sites (tertiary alicyclic amines) is 1. The van der Waals surface area contributed by atoms with Crippen molar-refractivity contribution in [3.05, 3.63) is 65.5 Å². The van der Waals surface area contributed by atoms with Gasteiger partial charge in [0.05, 0.1) is 5.69 Å². The predicted octanol–water partition coefficient (Wildman–Crippen LogP) is 3.09. The van der Waals surface area contributed by atoms with Crippen LogP contribution in [-0.4, -0.2) is 28.1 Å². The van der Waals surface area contributed by atoms with Gasteiger partial charge in [0, 0.05) is 37.3 Å². The molecule has 2 heterocycles. The molecule has 1 saturated heterocycles. The fourth-order valence-corrected chi connectivity index (χ4v) is 4.36. The summed E-state index contributed by atoms with van der Waals surface area (Å²) in [5, 5.41) is 11.2. The minimum absolute atomic E-state index is 0.0871. The molecule has 3 atom stereocenters. The highest BCUT2D eigenvalue weighted by Crippen LogP contribution is 2.50. The van der Waals surface area contributed by atoms with Crippen molar-refractivity contribution in [1.29, 1.82) is 0 Å². The van der Waals surface area contributed by atoms with Gasteiger partial charge in [0.1, 0.15) is 5.60 Å². The van der Waals surface area contributed by atoms with E-state index in [0.717, 1.165) is 24.7 Å². The molecule has 1 aromatic carbocycles. The first-order valence-electron chi connectivity index (χ1n) is 8.37. The van der Waals surface area contributed by atoms with Crippen molar-refractivity contribution in [3.8, 4) is 0 Å². The van der Waals surface area contributed by atoms with Crippen LogP contribution in [0.2, 0.25) is 0 Å². The smallest absolute Gasteiger partial charge is 0.163 e. The molecule has 126 valence electrons. The maximum atomic E-state index is 13.9. The van der Waals surface area contributed by atoms with Gasteiger partial charge in [-0.15, -0.1) is 0 Å². The normalized spacial score (nSPS) is 29.8. The second kappa shape index (κ2) is 5.90.